The number of hydrogen-bond acceptors (Lipinski definition) is 4. The maximum absolute atomic E-state index is 12.7. The Bertz CT molecular complexity index is 760. The Hall–Kier alpha value is -2.64. The van der Waals surface area contributed by atoms with Gasteiger partial charge in [0.25, 0.3) is 5.91 Å². The van der Waals surface area contributed by atoms with Gasteiger partial charge in [-0.2, -0.15) is 13.2 Å². The number of aryl methyl sites for hydroxylation is 1. The van der Waals surface area contributed by atoms with Crippen molar-refractivity contribution in [2.24, 2.45) is 5.92 Å². The minimum absolute atomic E-state index is 0.0489. The van der Waals surface area contributed by atoms with E-state index in [-0.39, 0.29) is 11.4 Å². The zero-order valence-corrected chi connectivity index (χ0v) is 14.1. The molecule has 0 aliphatic carbocycles. The van der Waals surface area contributed by atoms with Gasteiger partial charge in [0.2, 0.25) is 0 Å². The number of carbonyl (C=O) groups is 1. The third-order valence-corrected chi connectivity index (χ3v) is 3.21. The number of nitrogens with one attached hydrogen (secondary N) is 2. The van der Waals surface area contributed by atoms with Crippen molar-refractivity contribution in [1.82, 2.24) is 9.97 Å². The van der Waals surface area contributed by atoms with Crippen LogP contribution < -0.4 is 10.6 Å². The SMILES string of the molecule is Cc1nc(NCC(C)C)cc(C(=O)Nc2cccc(C(F)(F)F)c2)n1. The average Bonchev–Trinajstić information content (AvgIpc) is 2.52. The molecule has 2 aromatic rings. The molecule has 0 fully saturated rings. The van der Waals surface area contributed by atoms with E-state index in [2.05, 4.69) is 20.6 Å². The lowest BCUT2D eigenvalue weighted by Gasteiger charge is -2.11. The van der Waals surface area contributed by atoms with Gasteiger partial charge in [-0.1, -0.05) is 19.9 Å². The third-order valence-electron chi connectivity index (χ3n) is 3.21. The molecule has 0 aliphatic rings. The molecule has 0 aliphatic heterocycles. The van der Waals surface area contributed by atoms with Crippen molar-refractivity contribution in [1.29, 1.82) is 0 Å². The normalized spacial score (nSPS) is 11.5. The van der Waals surface area contributed by atoms with Crippen molar-refractivity contribution >= 4 is 17.4 Å². The molecule has 1 amide bonds. The number of anilines is 2. The molecular formula is C17H19F3N4O. The Balaban J connectivity index is 2.18. The molecule has 25 heavy (non-hydrogen) atoms. The van der Waals surface area contributed by atoms with Crippen molar-refractivity contribution in [2.45, 2.75) is 26.9 Å². The Morgan fingerprint density at radius 3 is 2.56 bits per heavy atom. The average molecular weight is 352 g/mol. The highest BCUT2D eigenvalue weighted by Crippen LogP contribution is 2.30. The topological polar surface area (TPSA) is 66.9 Å². The summed E-state index contributed by atoms with van der Waals surface area (Å²) in [7, 11) is 0. The van der Waals surface area contributed by atoms with Crippen LogP contribution in [-0.4, -0.2) is 22.4 Å². The zero-order valence-electron chi connectivity index (χ0n) is 14.1. The van der Waals surface area contributed by atoms with Crippen LogP contribution in [0.25, 0.3) is 0 Å². The minimum atomic E-state index is -4.47. The number of halogens is 3. The molecule has 1 aromatic carbocycles. The number of aromatic nitrogens is 2. The van der Waals surface area contributed by atoms with Crippen molar-refractivity contribution in [3.63, 3.8) is 0 Å². The standard InChI is InChI=1S/C17H19F3N4O/c1-10(2)9-21-15-8-14(22-11(3)23-15)16(25)24-13-6-4-5-12(7-13)17(18,19)20/h4-8,10H,9H2,1-3H3,(H,24,25)(H,21,22,23). The fourth-order valence-electron chi connectivity index (χ4n) is 2.05. The second-order valence-corrected chi connectivity index (χ2v) is 5.99. The minimum Gasteiger partial charge on any atom is -0.370 e. The molecule has 0 radical (unpaired) electrons. The van der Waals surface area contributed by atoms with E-state index in [1.54, 1.807) is 6.92 Å². The van der Waals surface area contributed by atoms with Gasteiger partial charge in [-0.25, -0.2) is 9.97 Å². The zero-order chi connectivity index (χ0) is 18.6. The lowest BCUT2D eigenvalue weighted by atomic mass is 10.2. The summed E-state index contributed by atoms with van der Waals surface area (Å²) in [6.07, 6.45) is -4.47. The second-order valence-electron chi connectivity index (χ2n) is 5.99. The Labute approximate surface area is 143 Å². The van der Waals surface area contributed by atoms with Crippen LogP contribution in [0.4, 0.5) is 24.7 Å². The van der Waals surface area contributed by atoms with Gasteiger partial charge in [0.05, 0.1) is 5.56 Å². The van der Waals surface area contributed by atoms with E-state index in [9.17, 15) is 18.0 Å². The molecule has 0 spiro atoms. The van der Waals surface area contributed by atoms with Crippen LogP contribution in [0, 0.1) is 12.8 Å². The van der Waals surface area contributed by atoms with Crippen LogP contribution in [0.2, 0.25) is 0 Å². The van der Waals surface area contributed by atoms with Crippen LogP contribution in [-0.2, 0) is 6.18 Å². The molecule has 1 aromatic heterocycles. The van der Waals surface area contributed by atoms with E-state index in [0.29, 0.717) is 24.1 Å². The van der Waals surface area contributed by atoms with E-state index < -0.39 is 17.6 Å². The van der Waals surface area contributed by atoms with Crippen molar-refractivity contribution in [3.05, 3.63) is 47.4 Å². The molecule has 0 bridgehead atoms. The van der Waals surface area contributed by atoms with E-state index >= 15 is 0 Å². The van der Waals surface area contributed by atoms with Crippen LogP contribution >= 0.6 is 0 Å². The molecule has 0 atom stereocenters. The molecule has 134 valence electrons. The molecule has 5 nitrogen and oxygen atoms in total. The maximum Gasteiger partial charge on any atom is 0.416 e. The number of alkyl halides is 3. The molecule has 0 saturated heterocycles. The van der Waals surface area contributed by atoms with E-state index in [4.69, 9.17) is 0 Å². The van der Waals surface area contributed by atoms with Crippen LogP contribution in [0.1, 0.15) is 35.7 Å². The van der Waals surface area contributed by atoms with Gasteiger partial charge in [0.15, 0.2) is 0 Å². The van der Waals surface area contributed by atoms with Gasteiger partial charge in [-0.3, -0.25) is 4.79 Å². The predicted molar refractivity (Wildman–Crippen MR) is 89.5 cm³/mol. The Morgan fingerprint density at radius 2 is 1.92 bits per heavy atom. The van der Waals surface area contributed by atoms with Crippen LogP contribution in [0.5, 0.6) is 0 Å². The molecule has 2 N–H and O–H groups in total. The fourth-order valence-corrected chi connectivity index (χ4v) is 2.05. The van der Waals surface area contributed by atoms with Crippen molar-refractivity contribution in [2.75, 3.05) is 17.2 Å². The summed E-state index contributed by atoms with van der Waals surface area (Å²) in [4.78, 5) is 20.5. The summed E-state index contributed by atoms with van der Waals surface area (Å²) in [5.74, 6) is 0.674. The largest absolute Gasteiger partial charge is 0.416 e. The van der Waals surface area contributed by atoms with Gasteiger partial charge >= 0.3 is 6.18 Å². The third kappa shape index (κ3) is 5.44. The highest BCUT2D eigenvalue weighted by molar-refractivity contribution is 6.03. The summed E-state index contributed by atoms with van der Waals surface area (Å²) in [6, 6.07) is 5.92. The van der Waals surface area contributed by atoms with Gasteiger partial charge in [0.1, 0.15) is 17.3 Å². The summed E-state index contributed by atoms with van der Waals surface area (Å²) in [5.41, 5.74) is -0.701. The van der Waals surface area contributed by atoms with Crippen LogP contribution in [0.3, 0.4) is 0 Å². The molecule has 8 heteroatoms. The summed E-state index contributed by atoms with van der Waals surface area (Å²) in [6.45, 7) is 6.37. The first-order chi connectivity index (χ1) is 11.6. The van der Waals surface area contributed by atoms with Crippen molar-refractivity contribution < 1.29 is 18.0 Å². The van der Waals surface area contributed by atoms with E-state index in [1.165, 1.54) is 18.2 Å². The summed E-state index contributed by atoms with van der Waals surface area (Å²) < 4.78 is 38.2. The smallest absolute Gasteiger partial charge is 0.370 e. The predicted octanol–water partition coefficient (Wildman–Crippen LogP) is 4.12. The fraction of sp³-hybridized carbons (Fsp3) is 0.353. The maximum atomic E-state index is 12.7. The monoisotopic (exact) mass is 352 g/mol. The number of amides is 1. The summed E-state index contributed by atoms with van der Waals surface area (Å²) in [5, 5.41) is 5.53. The van der Waals surface area contributed by atoms with Gasteiger partial charge in [-0.05, 0) is 31.0 Å². The number of hydrogen-bond donors (Lipinski definition) is 2. The first-order valence-corrected chi connectivity index (χ1v) is 7.73. The Kier molecular flexibility index (Phi) is 5.61. The lowest BCUT2D eigenvalue weighted by molar-refractivity contribution is -0.137. The van der Waals surface area contributed by atoms with Crippen LogP contribution in [0.15, 0.2) is 30.3 Å². The second kappa shape index (κ2) is 7.50. The number of nitrogens with zero attached hydrogens (tertiary/aromatic N) is 2. The van der Waals surface area contributed by atoms with Crippen molar-refractivity contribution in [3.8, 4) is 0 Å². The number of benzene rings is 1. The summed E-state index contributed by atoms with van der Waals surface area (Å²) >= 11 is 0. The highest BCUT2D eigenvalue weighted by atomic mass is 19.4. The van der Waals surface area contributed by atoms with Gasteiger partial charge in [-0.15, -0.1) is 0 Å². The van der Waals surface area contributed by atoms with E-state index in [0.717, 1.165) is 12.1 Å². The molecule has 2 rings (SSSR count). The molecule has 1 heterocycles. The number of carbonyl (C=O) groups excluding carboxylic acids is 1. The first kappa shape index (κ1) is 18.7. The first-order valence-electron chi connectivity index (χ1n) is 7.73. The molecular weight excluding hydrogens is 333 g/mol. The van der Waals surface area contributed by atoms with Gasteiger partial charge in [0, 0.05) is 18.3 Å². The quantitative estimate of drug-likeness (QED) is 0.849. The molecule has 0 saturated carbocycles. The Morgan fingerprint density at radius 1 is 1.20 bits per heavy atom. The lowest BCUT2D eigenvalue weighted by Crippen LogP contribution is -2.17. The highest BCUT2D eigenvalue weighted by Gasteiger charge is 2.30. The van der Waals surface area contributed by atoms with Gasteiger partial charge < -0.3 is 10.6 Å². The molecule has 0 unspecified atom stereocenters. The van der Waals surface area contributed by atoms with E-state index in [1.807, 2.05) is 13.8 Å². The number of rotatable bonds is 5.